The van der Waals surface area contributed by atoms with E-state index in [4.69, 9.17) is 23.2 Å². The smallest absolute Gasteiger partial charge is 0.335 e. The SMILES string of the molecule is CN(CC(O)CNC(C)(C)CC1Cc2ccccc2C1)S(=O)(=O)c1c(Cl)cc(-c2cccc(C(=O)O)c2)cc1Cl. The number of aliphatic hydroxyl groups excluding tert-OH is 1. The van der Waals surface area contributed by atoms with Crippen molar-refractivity contribution in [1.82, 2.24) is 9.62 Å². The highest BCUT2D eigenvalue weighted by Crippen LogP contribution is 2.36. The second-order valence-electron chi connectivity index (χ2n) is 11.1. The van der Waals surface area contributed by atoms with Crippen molar-refractivity contribution in [3.8, 4) is 11.1 Å². The van der Waals surface area contributed by atoms with Crippen LogP contribution in [0, 0.1) is 5.92 Å². The molecule has 3 aromatic carbocycles. The summed E-state index contributed by atoms with van der Waals surface area (Å²) >= 11 is 12.8. The second-order valence-corrected chi connectivity index (χ2v) is 13.9. The van der Waals surface area contributed by atoms with Crippen LogP contribution in [0.2, 0.25) is 10.0 Å². The van der Waals surface area contributed by atoms with Crippen LogP contribution in [0.1, 0.15) is 41.8 Å². The molecule has 10 heteroatoms. The largest absolute Gasteiger partial charge is 0.478 e. The number of aliphatic hydroxyl groups is 1. The molecule has 3 aromatic rings. The first kappa shape index (κ1) is 30.5. The number of carboxylic acids is 1. The molecule has 214 valence electrons. The van der Waals surface area contributed by atoms with Gasteiger partial charge >= 0.3 is 5.97 Å². The lowest BCUT2D eigenvalue weighted by molar-refractivity contribution is 0.0697. The van der Waals surface area contributed by atoms with E-state index in [1.165, 1.54) is 42.4 Å². The first-order valence-corrected chi connectivity index (χ1v) is 15.3. The summed E-state index contributed by atoms with van der Waals surface area (Å²) in [4.78, 5) is 11.1. The van der Waals surface area contributed by atoms with Crippen molar-refractivity contribution in [2.24, 2.45) is 5.92 Å². The van der Waals surface area contributed by atoms with Crippen LogP contribution in [0.25, 0.3) is 11.1 Å². The molecular weight excluding hydrogens is 571 g/mol. The summed E-state index contributed by atoms with van der Waals surface area (Å²) in [5.41, 5.74) is 3.65. The molecule has 1 aliphatic rings. The monoisotopic (exact) mass is 604 g/mol. The molecule has 0 saturated carbocycles. The number of benzene rings is 3. The Morgan fingerprint density at radius 1 is 1.02 bits per heavy atom. The Morgan fingerprint density at radius 2 is 1.62 bits per heavy atom. The molecule has 3 N–H and O–H groups in total. The predicted molar refractivity (Wildman–Crippen MR) is 159 cm³/mol. The van der Waals surface area contributed by atoms with E-state index in [9.17, 15) is 23.4 Å². The van der Waals surface area contributed by atoms with Crippen molar-refractivity contribution in [1.29, 1.82) is 0 Å². The van der Waals surface area contributed by atoms with Crippen LogP contribution in [-0.4, -0.2) is 60.7 Å². The van der Waals surface area contributed by atoms with E-state index < -0.39 is 22.1 Å². The van der Waals surface area contributed by atoms with E-state index >= 15 is 0 Å². The Hall–Kier alpha value is -2.46. The number of carboxylic acid groups (broad SMARTS) is 1. The van der Waals surface area contributed by atoms with Crippen LogP contribution in [0.3, 0.4) is 0 Å². The number of aromatic carboxylic acids is 1. The first-order valence-electron chi connectivity index (χ1n) is 13.1. The molecule has 0 aromatic heterocycles. The van der Waals surface area contributed by atoms with Gasteiger partial charge in [-0.25, -0.2) is 13.2 Å². The molecule has 7 nitrogen and oxygen atoms in total. The minimum atomic E-state index is -4.13. The van der Waals surface area contributed by atoms with Crippen molar-refractivity contribution in [2.75, 3.05) is 20.1 Å². The molecule has 0 spiro atoms. The molecule has 0 radical (unpaired) electrons. The third-order valence-corrected chi connectivity index (χ3v) is 10.1. The van der Waals surface area contributed by atoms with Crippen molar-refractivity contribution >= 4 is 39.2 Å². The molecule has 1 aliphatic carbocycles. The summed E-state index contributed by atoms with van der Waals surface area (Å²) in [6.07, 6.45) is 2.04. The summed E-state index contributed by atoms with van der Waals surface area (Å²) in [5, 5.41) is 23.2. The van der Waals surface area contributed by atoms with Gasteiger partial charge < -0.3 is 15.5 Å². The van der Waals surface area contributed by atoms with E-state index in [0.29, 0.717) is 17.0 Å². The van der Waals surface area contributed by atoms with E-state index in [2.05, 4.69) is 43.4 Å². The number of hydrogen-bond donors (Lipinski definition) is 3. The molecular formula is C30H34Cl2N2O5S. The lowest BCUT2D eigenvalue weighted by Gasteiger charge is -2.31. The van der Waals surface area contributed by atoms with Gasteiger partial charge in [0, 0.05) is 25.7 Å². The highest BCUT2D eigenvalue weighted by Gasteiger charge is 2.31. The Morgan fingerprint density at radius 3 is 2.20 bits per heavy atom. The summed E-state index contributed by atoms with van der Waals surface area (Å²) < 4.78 is 27.8. The number of rotatable bonds is 11. The average Bonchev–Trinajstić information content (AvgIpc) is 3.28. The van der Waals surface area contributed by atoms with E-state index in [-0.39, 0.29) is 39.1 Å². The standard InChI is InChI=1S/C30H34Cl2N2O5S/c1-30(2,16-19-11-20-7-4-5-8-21(20)12-19)33-17-25(35)18-34(3)40(38,39)28-26(31)14-24(15-27(28)32)22-9-6-10-23(13-22)29(36)37/h4-10,13-15,19,25,33,35H,11-12,16-18H2,1-3H3,(H,36,37). The van der Waals surface area contributed by atoms with Crippen LogP contribution >= 0.6 is 23.2 Å². The molecule has 0 heterocycles. The second kappa shape index (κ2) is 12.2. The Labute approximate surface area is 245 Å². The van der Waals surface area contributed by atoms with Crippen LogP contribution < -0.4 is 5.32 Å². The van der Waals surface area contributed by atoms with Gasteiger partial charge in [0.25, 0.3) is 0 Å². The Kier molecular flexibility index (Phi) is 9.29. The number of hydrogen-bond acceptors (Lipinski definition) is 5. The average molecular weight is 606 g/mol. The van der Waals surface area contributed by atoms with Crippen LogP contribution in [0.15, 0.2) is 65.6 Å². The number of nitrogens with one attached hydrogen (secondary N) is 1. The highest BCUT2D eigenvalue weighted by molar-refractivity contribution is 7.89. The van der Waals surface area contributed by atoms with Gasteiger partial charge in [0.15, 0.2) is 0 Å². The van der Waals surface area contributed by atoms with E-state index in [1.54, 1.807) is 12.1 Å². The molecule has 0 fully saturated rings. The quantitative estimate of drug-likeness (QED) is 0.266. The zero-order valence-corrected chi connectivity index (χ0v) is 25.0. The van der Waals surface area contributed by atoms with Gasteiger partial charge in [-0.15, -0.1) is 0 Å². The fraction of sp³-hybridized carbons (Fsp3) is 0.367. The maximum absolute atomic E-state index is 13.4. The Balaban J connectivity index is 1.39. The molecule has 0 bridgehead atoms. The summed E-state index contributed by atoms with van der Waals surface area (Å²) in [6.45, 7) is 4.25. The number of nitrogens with zero attached hydrogens (tertiary/aromatic N) is 1. The fourth-order valence-electron chi connectivity index (χ4n) is 5.40. The summed E-state index contributed by atoms with van der Waals surface area (Å²) in [7, 11) is -2.76. The van der Waals surface area contributed by atoms with Crippen molar-refractivity contribution < 1.29 is 23.4 Å². The normalized spacial score (nSPS) is 14.9. The zero-order chi connectivity index (χ0) is 29.2. The minimum Gasteiger partial charge on any atom is -0.478 e. The van der Waals surface area contributed by atoms with E-state index in [1.807, 2.05) is 0 Å². The highest BCUT2D eigenvalue weighted by atomic mass is 35.5. The zero-order valence-electron chi connectivity index (χ0n) is 22.7. The lowest BCUT2D eigenvalue weighted by Crippen LogP contribution is -2.47. The van der Waals surface area contributed by atoms with Crippen molar-refractivity contribution in [3.63, 3.8) is 0 Å². The van der Waals surface area contributed by atoms with Crippen molar-refractivity contribution in [3.05, 3.63) is 87.4 Å². The maximum Gasteiger partial charge on any atom is 0.335 e. The van der Waals surface area contributed by atoms with Gasteiger partial charge in [-0.1, -0.05) is 59.6 Å². The number of carbonyl (C=O) groups is 1. The van der Waals surface area contributed by atoms with Gasteiger partial charge in [-0.2, -0.15) is 4.31 Å². The third-order valence-electron chi connectivity index (χ3n) is 7.33. The maximum atomic E-state index is 13.4. The van der Waals surface area contributed by atoms with E-state index in [0.717, 1.165) is 23.6 Å². The van der Waals surface area contributed by atoms with Crippen LogP contribution in [0.5, 0.6) is 0 Å². The number of sulfonamides is 1. The topological polar surface area (TPSA) is 107 Å². The number of β-amino-alcohol motifs (C(OH)–C–C–N with tert-alkyl or cyclic N) is 1. The first-order chi connectivity index (χ1) is 18.8. The molecule has 40 heavy (non-hydrogen) atoms. The molecule has 4 rings (SSSR count). The third kappa shape index (κ3) is 7.05. The summed E-state index contributed by atoms with van der Waals surface area (Å²) in [5.74, 6) is -0.570. The predicted octanol–water partition coefficient (Wildman–Crippen LogP) is 5.51. The molecule has 0 aliphatic heterocycles. The fourth-order valence-corrected chi connectivity index (χ4v) is 7.77. The molecule has 0 saturated heterocycles. The van der Waals surface area contributed by atoms with Crippen LogP contribution in [0.4, 0.5) is 0 Å². The van der Waals surface area contributed by atoms with Gasteiger partial charge in [-0.05, 0) is 85.5 Å². The van der Waals surface area contributed by atoms with Crippen LogP contribution in [-0.2, 0) is 22.9 Å². The van der Waals surface area contributed by atoms with Gasteiger partial charge in [-0.3, -0.25) is 0 Å². The van der Waals surface area contributed by atoms with Gasteiger partial charge in [0.2, 0.25) is 10.0 Å². The number of fused-ring (bicyclic) bond motifs is 1. The molecule has 1 unspecified atom stereocenters. The number of halogens is 2. The molecule has 0 amide bonds. The van der Waals surface area contributed by atoms with Gasteiger partial charge in [0.1, 0.15) is 4.90 Å². The summed E-state index contributed by atoms with van der Waals surface area (Å²) in [6, 6.07) is 17.6. The van der Waals surface area contributed by atoms with Gasteiger partial charge in [0.05, 0.1) is 21.7 Å². The van der Waals surface area contributed by atoms with Crippen molar-refractivity contribution in [2.45, 2.75) is 49.6 Å². The lowest BCUT2D eigenvalue weighted by atomic mass is 9.88. The molecule has 1 atom stereocenters. The number of likely N-dealkylation sites (N-methyl/N-ethyl adjacent to an activating group) is 1. The minimum absolute atomic E-state index is 0.0836. The Bertz CT molecular complexity index is 1460.